The highest BCUT2D eigenvalue weighted by atomic mass is 32.2. The van der Waals surface area contributed by atoms with Crippen molar-refractivity contribution in [2.75, 3.05) is 10.5 Å². The van der Waals surface area contributed by atoms with Crippen molar-refractivity contribution in [3.63, 3.8) is 0 Å². The van der Waals surface area contributed by atoms with Crippen molar-refractivity contribution in [3.05, 3.63) is 23.7 Å². The molecule has 0 spiro atoms. The van der Waals surface area contributed by atoms with Crippen LogP contribution in [0.4, 0.5) is 11.5 Å². The van der Waals surface area contributed by atoms with E-state index in [0.717, 1.165) is 11.3 Å². The quantitative estimate of drug-likeness (QED) is 0.745. The first kappa shape index (κ1) is 9.99. The smallest absolute Gasteiger partial charge is 0.272 e. The van der Waals surface area contributed by atoms with Crippen LogP contribution >= 0.6 is 11.3 Å². The summed E-state index contributed by atoms with van der Waals surface area (Å²) in [6, 6.07) is 2.93. The van der Waals surface area contributed by atoms with Gasteiger partial charge in [0, 0.05) is 17.1 Å². The van der Waals surface area contributed by atoms with E-state index in [1.807, 2.05) is 0 Å². The Morgan fingerprint density at radius 3 is 2.87 bits per heavy atom. The lowest BCUT2D eigenvalue weighted by atomic mass is 10.6. The fourth-order valence-corrected chi connectivity index (χ4v) is 3.07. The SMILES string of the molecule is Nc1csc(S(=O)(=O)Nc2ccn[nH]2)c1. The molecule has 8 heteroatoms. The van der Waals surface area contributed by atoms with Crippen LogP contribution in [0.15, 0.2) is 27.9 Å². The van der Waals surface area contributed by atoms with E-state index in [-0.39, 0.29) is 4.21 Å². The largest absolute Gasteiger partial charge is 0.398 e. The summed E-state index contributed by atoms with van der Waals surface area (Å²) in [5.74, 6) is 0.321. The Morgan fingerprint density at radius 2 is 2.33 bits per heavy atom. The summed E-state index contributed by atoms with van der Waals surface area (Å²) >= 11 is 1.07. The lowest BCUT2D eigenvalue weighted by Gasteiger charge is -2.01. The number of nitrogens with one attached hydrogen (secondary N) is 2. The molecule has 0 saturated heterocycles. The average molecular weight is 244 g/mol. The van der Waals surface area contributed by atoms with E-state index in [1.54, 1.807) is 5.38 Å². The first-order chi connectivity index (χ1) is 7.08. The number of nitrogen functional groups attached to an aromatic ring is 1. The number of hydrogen-bond acceptors (Lipinski definition) is 5. The van der Waals surface area contributed by atoms with Gasteiger partial charge < -0.3 is 5.73 Å². The van der Waals surface area contributed by atoms with E-state index in [4.69, 9.17) is 5.73 Å². The van der Waals surface area contributed by atoms with Crippen LogP contribution in [0.25, 0.3) is 0 Å². The molecule has 80 valence electrons. The van der Waals surface area contributed by atoms with Gasteiger partial charge in [0.1, 0.15) is 10.0 Å². The molecule has 2 heterocycles. The predicted molar refractivity (Wildman–Crippen MR) is 58.1 cm³/mol. The molecule has 0 bridgehead atoms. The topological polar surface area (TPSA) is 101 Å². The Morgan fingerprint density at radius 1 is 1.53 bits per heavy atom. The van der Waals surface area contributed by atoms with Crippen molar-refractivity contribution in [1.82, 2.24) is 10.2 Å². The summed E-state index contributed by atoms with van der Waals surface area (Å²) in [6.45, 7) is 0. The minimum atomic E-state index is -3.55. The highest BCUT2D eigenvalue weighted by molar-refractivity contribution is 7.94. The molecule has 2 rings (SSSR count). The number of nitrogens with two attached hydrogens (primary N) is 1. The second-order valence-corrected chi connectivity index (χ2v) is 5.60. The van der Waals surface area contributed by atoms with Crippen LogP contribution in [0.2, 0.25) is 0 Å². The van der Waals surface area contributed by atoms with Crippen LogP contribution in [-0.4, -0.2) is 18.6 Å². The summed E-state index contributed by atoms with van der Waals surface area (Å²) < 4.78 is 25.9. The predicted octanol–water partition coefficient (Wildman–Crippen LogP) is 0.854. The van der Waals surface area contributed by atoms with Crippen molar-refractivity contribution in [2.45, 2.75) is 4.21 Å². The van der Waals surface area contributed by atoms with Crippen molar-refractivity contribution in [3.8, 4) is 0 Å². The van der Waals surface area contributed by atoms with Gasteiger partial charge in [0.2, 0.25) is 0 Å². The number of aromatic amines is 1. The molecule has 0 aliphatic rings. The molecule has 15 heavy (non-hydrogen) atoms. The van der Waals surface area contributed by atoms with E-state index in [2.05, 4.69) is 14.9 Å². The fourth-order valence-electron chi connectivity index (χ4n) is 0.979. The number of sulfonamides is 1. The van der Waals surface area contributed by atoms with Gasteiger partial charge in [-0.25, -0.2) is 8.42 Å². The van der Waals surface area contributed by atoms with Crippen molar-refractivity contribution < 1.29 is 8.42 Å². The summed E-state index contributed by atoms with van der Waals surface area (Å²) in [7, 11) is -3.55. The zero-order valence-electron chi connectivity index (χ0n) is 7.47. The first-order valence-electron chi connectivity index (χ1n) is 3.94. The average Bonchev–Trinajstić information content (AvgIpc) is 2.75. The van der Waals surface area contributed by atoms with Crippen LogP contribution in [0.1, 0.15) is 0 Å². The molecule has 4 N–H and O–H groups in total. The van der Waals surface area contributed by atoms with Gasteiger partial charge in [0.05, 0.1) is 6.20 Å². The zero-order valence-corrected chi connectivity index (χ0v) is 9.10. The minimum Gasteiger partial charge on any atom is -0.398 e. The van der Waals surface area contributed by atoms with Crippen LogP contribution in [-0.2, 0) is 10.0 Å². The Bertz CT molecular complexity index is 543. The molecule has 0 amide bonds. The van der Waals surface area contributed by atoms with Crippen molar-refractivity contribution >= 4 is 32.9 Å². The number of H-pyrrole nitrogens is 1. The molecular weight excluding hydrogens is 236 g/mol. The molecular formula is C7H8N4O2S2. The van der Waals surface area contributed by atoms with E-state index in [1.165, 1.54) is 18.3 Å². The Balaban J connectivity index is 2.28. The van der Waals surface area contributed by atoms with E-state index < -0.39 is 10.0 Å². The molecule has 0 aromatic carbocycles. The maximum Gasteiger partial charge on any atom is 0.272 e. The highest BCUT2D eigenvalue weighted by Gasteiger charge is 2.16. The minimum absolute atomic E-state index is 0.176. The molecule has 0 unspecified atom stereocenters. The molecule has 0 radical (unpaired) electrons. The lowest BCUT2D eigenvalue weighted by molar-refractivity contribution is 0.603. The molecule has 0 aliphatic carbocycles. The molecule has 0 fully saturated rings. The number of aromatic nitrogens is 2. The van der Waals surface area contributed by atoms with Crippen LogP contribution in [0.5, 0.6) is 0 Å². The van der Waals surface area contributed by atoms with Gasteiger partial charge in [-0.3, -0.25) is 9.82 Å². The van der Waals surface area contributed by atoms with Gasteiger partial charge in [0.25, 0.3) is 10.0 Å². The third-order valence-electron chi connectivity index (χ3n) is 1.61. The number of hydrogen-bond donors (Lipinski definition) is 3. The zero-order chi connectivity index (χ0) is 10.9. The Labute approximate surface area is 90.2 Å². The van der Waals surface area contributed by atoms with Gasteiger partial charge in [-0.05, 0) is 6.07 Å². The first-order valence-corrected chi connectivity index (χ1v) is 6.30. The second kappa shape index (κ2) is 3.55. The fraction of sp³-hybridized carbons (Fsp3) is 0. The standard InChI is InChI=1S/C7H8N4O2S2/c8-5-3-7(14-4-5)15(12,13)11-6-1-2-9-10-6/h1-4H,8H2,(H2,9,10,11). The summed E-state index contributed by atoms with van der Waals surface area (Å²) in [4.78, 5) is 0. The van der Waals surface area contributed by atoms with E-state index >= 15 is 0 Å². The molecule has 0 saturated carbocycles. The third-order valence-corrected chi connectivity index (χ3v) is 4.43. The summed E-state index contributed by atoms with van der Waals surface area (Å²) in [6.07, 6.45) is 1.46. The van der Waals surface area contributed by atoms with Crippen molar-refractivity contribution in [1.29, 1.82) is 0 Å². The number of nitrogens with zero attached hydrogens (tertiary/aromatic N) is 1. The maximum absolute atomic E-state index is 11.7. The van der Waals surface area contributed by atoms with Crippen LogP contribution in [0, 0.1) is 0 Å². The molecule has 0 aliphatic heterocycles. The Hall–Kier alpha value is -1.54. The van der Waals surface area contributed by atoms with Gasteiger partial charge in [-0.1, -0.05) is 0 Å². The van der Waals surface area contributed by atoms with Gasteiger partial charge in [0.15, 0.2) is 0 Å². The number of rotatable bonds is 3. The number of thiophene rings is 1. The third kappa shape index (κ3) is 2.10. The van der Waals surface area contributed by atoms with Gasteiger partial charge in [-0.15, -0.1) is 11.3 Å². The lowest BCUT2D eigenvalue weighted by Crippen LogP contribution is -2.11. The van der Waals surface area contributed by atoms with E-state index in [9.17, 15) is 8.42 Å². The molecule has 2 aromatic rings. The highest BCUT2D eigenvalue weighted by Crippen LogP contribution is 2.23. The number of anilines is 2. The molecule has 6 nitrogen and oxygen atoms in total. The summed E-state index contributed by atoms with van der Waals surface area (Å²) in [5, 5.41) is 7.71. The monoisotopic (exact) mass is 244 g/mol. The van der Waals surface area contributed by atoms with Gasteiger partial charge in [-0.2, -0.15) is 5.10 Å². The summed E-state index contributed by atoms with van der Waals surface area (Å²) in [5.41, 5.74) is 5.88. The Kier molecular flexibility index (Phi) is 2.37. The van der Waals surface area contributed by atoms with Crippen LogP contribution in [0.3, 0.4) is 0 Å². The van der Waals surface area contributed by atoms with E-state index in [0.29, 0.717) is 11.5 Å². The second-order valence-electron chi connectivity index (χ2n) is 2.77. The molecule has 2 aromatic heterocycles. The normalized spacial score (nSPS) is 11.5. The molecule has 0 atom stereocenters. The van der Waals surface area contributed by atoms with Crippen LogP contribution < -0.4 is 10.5 Å². The van der Waals surface area contributed by atoms with Crippen molar-refractivity contribution in [2.24, 2.45) is 0 Å². The van der Waals surface area contributed by atoms with Gasteiger partial charge >= 0.3 is 0 Å². The maximum atomic E-state index is 11.7.